The van der Waals surface area contributed by atoms with E-state index in [1.165, 1.54) is 5.57 Å². The fourth-order valence-corrected chi connectivity index (χ4v) is 14.7. The first-order chi connectivity index (χ1) is 26.5. The molecule has 7 rings (SSSR count). The van der Waals surface area contributed by atoms with Crippen LogP contribution in [0.15, 0.2) is 17.2 Å². The number of nitrogens with one attached hydrogen (secondary N) is 3. The lowest BCUT2D eigenvalue weighted by molar-refractivity contribution is -0.193. The van der Waals surface area contributed by atoms with E-state index in [-0.39, 0.29) is 69.8 Å². The highest BCUT2D eigenvalue weighted by Crippen LogP contribution is 2.74. The SMILES string of the molecule is Cc1cc(C(=O)NC(C)(C)CNC(=O)CC23CCC4C(CCC5C4(C)CCC4C(C)(C)C(CC(=O)C6CC(C(=O)O)C6C)CCC45C)C2=C(C(C)C)C(=O)C3)n[nH]1. The highest BCUT2D eigenvalue weighted by Gasteiger charge is 2.66. The van der Waals surface area contributed by atoms with Gasteiger partial charge in [0, 0.05) is 42.8 Å². The molecule has 314 valence electrons. The van der Waals surface area contributed by atoms with Crippen LogP contribution in [0.25, 0.3) is 0 Å². The number of aryl methyl sites for hydroxylation is 1. The van der Waals surface area contributed by atoms with Crippen molar-refractivity contribution >= 4 is 29.4 Å². The number of H-pyrrole nitrogens is 1. The molecular formula is C47H70N4O6. The zero-order chi connectivity index (χ0) is 41.6. The van der Waals surface area contributed by atoms with Crippen LogP contribution in [0.1, 0.15) is 156 Å². The van der Waals surface area contributed by atoms with Gasteiger partial charge >= 0.3 is 5.97 Å². The normalized spacial score (nSPS) is 38.3. The van der Waals surface area contributed by atoms with Gasteiger partial charge < -0.3 is 15.7 Å². The third kappa shape index (κ3) is 6.94. The Morgan fingerprint density at radius 3 is 2.30 bits per heavy atom. The average molecular weight is 787 g/mol. The molecule has 6 aliphatic rings. The summed E-state index contributed by atoms with van der Waals surface area (Å²) in [6, 6.07) is 1.70. The minimum absolute atomic E-state index is 0.00958. The van der Waals surface area contributed by atoms with Crippen molar-refractivity contribution in [2.45, 2.75) is 152 Å². The summed E-state index contributed by atoms with van der Waals surface area (Å²) in [6.07, 6.45) is 10.2. The summed E-state index contributed by atoms with van der Waals surface area (Å²) in [7, 11) is 0. The first-order valence-corrected chi connectivity index (χ1v) is 22.2. The van der Waals surface area contributed by atoms with Crippen molar-refractivity contribution in [1.29, 1.82) is 0 Å². The fourth-order valence-electron chi connectivity index (χ4n) is 14.7. The lowest BCUT2D eigenvalue weighted by Gasteiger charge is -2.69. The number of Topliss-reactive ketones (excluding diaryl/α,β-unsaturated/α-hetero) is 2. The Morgan fingerprint density at radius 2 is 1.67 bits per heavy atom. The van der Waals surface area contributed by atoms with Gasteiger partial charge in [0.15, 0.2) is 5.78 Å². The molecule has 0 aliphatic heterocycles. The number of aliphatic carboxylic acids is 1. The van der Waals surface area contributed by atoms with Gasteiger partial charge in [-0.2, -0.15) is 5.10 Å². The number of aromatic amines is 1. The number of nitrogens with zero attached hydrogens (tertiary/aromatic N) is 1. The number of aromatic nitrogens is 2. The predicted octanol–water partition coefficient (Wildman–Crippen LogP) is 8.26. The number of carboxylic acids is 1. The number of fused-ring (bicyclic) bond motifs is 7. The Balaban J connectivity index is 1.06. The Hall–Kier alpha value is -3.30. The van der Waals surface area contributed by atoms with Crippen molar-refractivity contribution in [3.63, 3.8) is 0 Å². The van der Waals surface area contributed by atoms with Gasteiger partial charge in [0.1, 0.15) is 11.5 Å². The molecule has 0 saturated heterocycles. The van der Waals surface area contributed by atoms with Crippen LogP contribution in [0.4, 0.5) is 0 Å². The van der Waals surface area contributed by atoms with E-state index in [4.69, 9.17) is 0 Å². The zero-order valence-corrected chi connectivity index (χ0v) is 36.4. The largest absolute Gasteiger partial charge is 0.481 e. The van der Waals surface area contributed by atoms with Crippen molar-refractivity contribution < 1.29 is 29.1 Å². The van der Waals surface area contributed by atoms with E-state index in [2.05, 4.69) is 62.4 Å². The molecule has 11 atom stereocenters. The molecule has 4 N–H and O–H groups in total. The number of carbonyl (C=O) groups is 5. The molecule has 0 spiro atoms. The van der Waals surface area contributed by atoms with Crippen LogP contribution in [0, 0.1) is 81.8 Å². The van der Waals surface area contributed by atoms with E-state index in [1.807, 2.05) is 27.7 Å². The summed E-state index contributed by atoms with van der Waals surface area (Å²) in [4.78, 5) is 66.1. The third-order valence-corrected chi connectivity index (χ3v) is 17.6. The second kappa shape index (κ2) is 14.5. The number of carbonyl (C=O) groups excluding carboxylic acids is 4. The molecule has 5 fully saturated rings. The average Bonchev–Trinajstić information content (AvgIpc) is 3.67. The van der Waals surface area contributed by atoms with Crippen LogP contribution in [-0.4, -0.2) is 56.7 Å². The molecule has 0 radical (unpaired) electrons. The van der Waals surface area contributed by atoms with Crippen molar-refractivity contribution in [2.75, 3.05) is 6.54 Å². The van der Waals surface area contributed by atoms with Gasteiger partial charge in [0.2, 0.25) is 5.91 Å². The Bertz CT molecular complexity index is 1860. The lowest BCUT2D eigenvalue weighted by Crippen LogP contribution is -2.62. The second-order valence-electron chi connectivity index (χ2n) is 21.9. The lowest BCUT2D eigenvalue weighted by atomic mass is 9.35. The van der Waals surface area contributed by atoms with E-state index in [9.17, 15) is 29.1 Å². The van der Waals surface area contributed by atoms with Gasteiger partial charge in [-0.05, 0) is 148 Å². The van der Waals surface area contributed by atoms with Crippen LogP contribution in [0.5, 0.6) is 0 Å². The number of hydrogen-bond acceptors (Lipinski definition) is 6. The molecule has 11 unspecified atom stereocenters. The predicted molar refractivity (Wildman–Crippen MR) is 219 cm³/mol. The van der Waals surface area contributed by atoms with Gasteiger partial charge in [-0.1, -0.05) is 54.0 Å². The molecule has 57 heavy (non-hydrogen) atoms. The monoisotopic (exact) mass is 787 g/mol. The smallest absolute Gasteiger partial charge is 0.306 e. The molecule has 6 aliphatic carbocycles. The molecule has 5 saturated carbocycles. The topological polar surface area (TPSA) is 158 Å². The maximum Gasteiger partial charge on any atom is 0.306 e. The van der Waals surface area contributed by atoms with Crippen LogP contribution in [0.3, 0.4) is 0 Å². The molecule has 1 heterocycles. The Kier molecular flexibility index (Phi) is 10.6. The molecule has 1 aromatic rings. The minimum atomic E-state index is -0.772. The number of amides is 2. The molecule has 2 amide bonds. The van der Waals surface area contributed by atoms with E-state index in [1.54, 1.807) is 6.07 Å². The van der Waals surface area contributed by atoms with E-state index in [0.29, 0.717) is 61.0 Å². The maximum absolute atomic E-state index is 14.0. The van der Waals surface area contributed by atoms with Gasteiger partial charge in [0.25, 0.3) is 5.91 Å². The maximum atomic E-state index is 14.0. The number of ketones is 2. The van der Waals surface area contributed by atoms with Gasteiger partial charge in [-0.15, -0.1) is 0 Å². The summed E-state index contributed by atoms with van der Waals surface area (Å²) in [5.74, 6) is 1.03. The summed E-state index contributed by atoms with van der Waals surface area (Å²) in [5.41, 5.74) is 2.55. The van der Waals surface area contributed by atoms with Gasteiger partial charge in [-0.25, -0.2) is 0 Å². The van der Waals surface area contributed by atoms with E-state index >= 15 is 0 Å². The number of allylic oxidation sites excluding steroid dienone is 2. The first kappa shape index (κ1) is 41.8. The zero-order valence-electron chi connectivity index (χ0n) is 36.4. The van der Waals surface area contributed by atoms with Crippen molar-refractivity contribution in [3.05, 3.63) is 28.6 Å². The number of hydrogen-bond donors (Lipinski definition) is 4. The van der Waals surface area contributed by atoms with Gasteiger partial charge in [0.05, 0.1) is 11.5 Å². The fraction of sp³-hybridized carbons (Fsp3) is 0.787. The van der Waals surface area contributed by atoms with Crippen LogP contribution in [0.2, 0.25) is 0 Å². The van der Waals surface area contributed by atoms with Crippen molar-refractivity contribution in [2.24, 2.45) is 74.9 Å². The molecule has 0 aromatic carbocycles. The van der Waals surface area contributed by atoms with E-state index < -0.39 is 16.9 Å². The van der Waals surface area contributed by atoms with E-state index in [0.717, 1.165) is 62.6 Å². The Labute approximate surface area is 340 Å². The van der Waals surface area contributed by atoms with Crippen molar-refractivity contribution in [1.82, 2.24) is 20.8 Å². The Morgan fingerprint density at radius 1 is 0.965 bits per heavy atom. The van der Waals surface area contributed by atoms with Crippen LogP contribution < -0.4 is 10.6 Å². The first-order valence-electron chi connectivity index (χ1n) is 22.2. The van der Waals surface area contributed by atoms with Gasteiger partial charge in [-0.3, -0.25) is 29.1 Å². The highest BCUT2D eigenvalue weighted by molar-refractivity contribution is 6.01. The third-order valence-electron chi connectivity index (χ3n) is 17.6. The molecule has 1 aromatic heterocycles. The quantitative estimate of drug-likeness (QED) is 0.176. The summed E-state index contributed by atoms with van der Waals surface area (Å²) in [5, 5.41) is 22.6. The molecule has 10 heteroatoms. The number of carboxylic acid groups (broad SMARTS) is 1. The highest BCUT2D eigenvalue weighted by atomic mass is 16.4. The summed E-state index contributed by atoms with van der Waals surface area (Å²) in [6.45, 7) is 22.1. The van der Waals surface area contributed by atoms with Crippen LogP contribution in [-0.2, 0) is 19.2 Å². The molecule has 0 bridgehead atoms. The minimum Gasteiger partial charge on any atom is -0.481 e. The second-order valence-corrected chi connectivity index (χ2v) is 21.9. The molecular weight excluding hydrogens is 717 g/mol. The standard InChI is InChI=1S/C47H70N4O6/c1-25(2)39-35(53)22-47(23-38(54)48-24-43(5,6)49-41(55)33-19-26(3)50-51-33)18-14-32-29(40(39)47)11-12-37-45(32,9)17-15-36-44(7,8)28(13-16-46(36,37)10)20-34(52)30-21-31(27(30)4)42(56)57/h19,25,27-32,36-37H,11-18,20-24H2,1-10H3,(H,48,54)(H,49,55)(H,50,51)(H,56,57). The summed E-state index contributed by atoms with van der Waals surface area (Å²) >= 11 is 0. The molecule has 10 nitrogen and oxygen atoms in total. The van der Waals surface area contributed by atoms with Crippen molar-refractivity contribution in [3.8, 4) is 0 Å². The number of rotatable bonds is 11. The summed E-state index contributed by atoms with van der Waals surface area (Å²) < 4.78 is 0. The van der Waals surface area contributed by atoms with Crippen LogP contribution >= 0.6 is 0 Å².